The van der Waals surface area contributed by atoms with Crippen molar-refractivity contribution in [2.24, 2.45) is 0 Å². The highest BCUT2D eigenvalue weighted by Crippen LogP contribution is 2.38. The Morgan fingerprint density at radius 3 is 2.35 bits per heavy atom. The van der Waals surface area contributed by atoms with Gasteiger partial charge in [-0.1, -0.05) is 84.9 Å². The number of nitrogens with one attached hydrogen (secondary N) is 2. The highest BCUT2D eigenvalue weighted by atomic mass is 16.7. The number of anilines is 2. The molecule has 0 spiro atoms. The number of aliphatic hydroxyl groups is 1. The van der Waals surface area contributed by atoms with Crippen LogP contribution in [-0.4, -0.2) is 53.0 Å². The maximum Gasteiger partial charge on any atom is 0.224 e. The van der Waals surface area contributed by atoms with Crippen molar-refractivity contribution in [1.29, 1.82) is 0 Å². The van der Waals surface area contributed by atoms with E-state index in [-0.39, 0.29) is 43.5 Å². The summed E-state index contributed by atoms with van der Waals surface area (Å²) < 4.78 is 13.2. The van der Waals surface area contributed by atoms with E-state index in [1.54, 1.807) is 12.1 Å². The summed E-state index contributed by atoms with van der Waals surface area (Å²) in [6.07, 6.45) is 3.55. The van der Waals surface area contributed by atoms with E-state index in [2.05, 4.69) is 70.0 Å². The van der Waals surface area contributed by atoms with E-state index >= 15 is 0 Å². The maximum absolute atomic E-state index is 12.6. The van der Waals surface area contributed by atoms with Crippen LogP contribution in [0.2, 0.25) is 0 Å². The molecule has 0 unspecified atom stereocenters. The maximum atomic E-state index is 12.6. The molecule has 1 aliphatic heterocycles. The largest absolute Gasteiger partial charge is 0.397 e. The Morgan fingerprint density at radius 2 is 1.59 bits per heavy atom. The second kappa shape index (κ2) is 19.1. The Kier molecular flexibility index (Phi) is 13.6. The molecule has 2 amide bonds. The van der Waals surface area contributed by atoms with Crippen molar-refractivity contribution in [2.45, 2.75) is 63.8 Å². The molecule has 10 heteroatoms. The fourth-order valence-electron chi connectivity index (χ4n) is 6.54. The molecule has 3 atom stereocenters. The number of hydrogen-bond acceptors (Lipinski definition) is 8. The van der Waals surface area contributed by atoms with Gasteiger partial charge in [-0.15, -0.1) is 0 Å². The van der Waals surface area contributed by atoms with Gasteiger partial charge < -0.3 is 35.8 Å². The van der Waals surface area contributed by atoms with Crippen LogP contribution < -0.4 is 16.4 Å². The Hall–Kier alpha value is -5.39. The van der Waals surface area contributed by atoms with Gasteiger partial charge in [-0.05, 0) is 71.6 Å². The van der Waals surface area contributed by atoms with Crippen LogP contribution in [0.5, 0.6) is 0 Å². The van der Waals surface area contributed by atoms with Crippen LogP contribution in [0, 0.1) is 0 Å². The monoisotopic (exact) mass is 727 g/mol. The summed E-state index contributed by atoms with van der Waals surface area (Å²) in [7, 11) is 2.11. The van der Waals surface area contributed by atoms with Crippen LogP contribution in [0.1, 0.15) is 66.0 Å². The lowest BCUT2D eigenvalue weighted by Crippen LogP contribution is -2.38. The molecule has 1 aromatic heterocycles. The van der Waals surface area contributed by atoms with Crippen LogP contribution in [0.3, 0.4) is 0 Å². The van der Waals surface area contributed by atoms with Gasteiger partial charge in [0.15, 0.2) is 6.29 Å². The van der Waals surface area contributed by atoms with Gasteiger partial charge in [0, 0.05) is 62.8 Å². The van der Waals surface area contributed by atoms with Gasteiger partial charge in [-0.25, -0.2) is 0 Å². The zero-order valence-electron chi connectivity index (χ0n) is 30.7. The molecule has 6 rings (SSSR count). The third kappa shape index (κ3) is 11.1. The Labute approximate surface area is 317 Å². The Morgan fingerprint density at radius 1 is 0.833 bits per heavy atom. The molecule has 5 aromatic rings. The van der Waals surface area contributed by atoms with Crippen molar-refractivity contribution in [3.05, 3.63) is 149 Å². The van der Waals surface area contributed by atoms with Gasteiger partial charge >= 0.3 is 0 Å². The molecule has 10 nitrogen and oxygen atoms in total. The lowest BCUT2D eigenvalue weighted by Gasteiger charge is -2.38. The van der Waals surface area contributed by atoms with Crippen molar-refractivity contribution in [3.63, 3.8) is 0 Å². The van der Waals surface area contributed by atoms with Crippen molar-refractivity contribution >= 4 is 23.2 Å². The molecular formula is C44H49N5O5. The predicted octanol–water partition coefficient (Wildman–Crippen LogP) is 6.97. The quantitative estimate of drug-likeness (QED) is 0.0800. The van der Waals surface area contributed by atoms with Crippen LogP contribution in [0.25, 0.3) is 11.1 Å². The van der Waals surface area contributed by atoms with Gasteiger partial charge in [0.05, 0.1) is 30.2 Å². The minimum absolute atomic E-state index is 0.000879. The van der Waals surface area contributed by atoms with Gasteiger partial charge in [0.25, 0.3) is 0 Å². The third-order valence-electron chi connectivity index (χ3n) is 9.58. The van der Waals surface area contributed by atoms with Gasteiger partial charge in [0.1, 0.15) is 0 Å². The number of aliphatic hydroxyl groups excluding tert-OH is 1. The average molecular weight is 728 g/mol. The summed E-state index contributed by atoms with van der Waals surface area (Å²) in [6.45, 7) is 2.00. The highest BCUT2D eigenvalue weighted by molar-refractivity contribution is 5.94. The average Bonchev–Trinajstić information content (AvgIpc) is 3.20. The molecule has 0 bridgehead atoms. The lowest BCUT2D eigenvalue weighted by atomic mass is 9.99. The zero-order chi connectivity index (χ0) is 37.7. The number of amides is 2. The standard InChI is InChI=1S/C44H49N5O5/c1-49(25-23-37-10-4-5-24-46-37)29-38-27-41(34-17-15-31(30-50)16-18-34)54-44(53-38)35-21-19-33(20-22-35)36-9-6-8-32(26-36)28-47-42(51)13-7-14-43(52)48-40-12-3-2-11-39(40)45/h2-6,8-12,15-22,24,26,38,41,44,50H,7,13-14,23,25,27-30,45H2,1H3,(H,47,51)(H,48,52)/t38-,41+,44+/m0/s1. The first kappa shape index (κ1) is 38.3. The van der Waals surface area contributed by atoms with E-state index in [1.807, 2.05) is 66.9 Å². The first-order valence-corrected chi connectivity index (χ1v) is 18.5. The van der Waals surface area contributed by atoms with E-state index in [4.69, 9.17) is 15.2 Å². The molecule has 1 fully saturated rings. The number of benzene rings is 4. The third-order valence-corrected chi connectivity index (χ3v) is 9.58. The first-order chi connectivity index (χ1) is 26.3. The van der Waals surface area contributed by atoms with E-state index in [0.717, 1.165) is 58.6 Å². The zero-order valence-corrected chi connectivity index (χ0v) is 30.7. The molecule has 0 saturated carbocycles. The minimum Gasteiger partial charge on any atom is -0.397 e. The molecule has 0 radical (unpaired) electrons. The molecule has 2 heterocycles. The second-order valence-electron chi connectivity index (χ2n) is 13.8. The smallest absolute Gasteiger partial charge is 0.224 e. The number of para-hydroxylation sites is 2. The normalized spacial score (nSPS) is 16.9. The van der Waals surface area contributed by atoms with E-state index in [1.165, 1.54) is 0 Å². The predicted molar refractivity (Wildman–Crippen MR) is 211 cm³/mol. The SMILES string of the molecule is CN(CCc1ccccn1)C[C@@H]1C[C@H](c2ccc(CO)cc2)O[C@H](c2ccc(-c3cccc(CNC(=O)CCCC(=O)Nc4ccccc4N)c3)cc2)O1. The molecule has 280 valence electrons. The van der Waals surface area contributed by atoms with Crippen molar-refractivity contribution in [1.82, 2.24) is 15.2 Å². The number of nitrogens with zero attached hydrogens (tertiary/aromatic N) is 2. The summed E-state index contributed by atoms with van der Waals surface area (Å²) in [5.74, 6) is -0.279. The number of hydrogen-bond donors (Lipinski definition) is 4. The van der Waals surface area contributed by atoms with Crippen molar-refractivity contribution < 1.29 is 24.2 Å². The van der Waals surface area contributed by atoms with Gasteiger partial charge in [-0.3, -0.25) is 14.6 Å². The molecule has 54 heavy (non-hydrogen) atoms. The van der Waals surface area contributed by atoms with E-state index in [0.29, 0.717) is 30.8 Å². The van der Waals surface area contributed by atoms with Crippen LogP contribution in [0.4, 0.5) is 11.4 Å². The molecule has 1 saturated heterocycles. The van der Waals surface area contributed by atoms with Gasteiger partial charge in [0.2, 0.25) is 11.8 Å². The van der Waals surface area contributed by atoms with Crippen LogP contribution >= 0.6 is 0 Å². The Bertz CT molecular complexity index is 1960. The van der Waals surface area contributed by atoms with Crippen LogP contribution in [0.15, 0.2) is 121 Å². The van der Waals surface area contributed by atoms with E-state index < -0.39 is 6.29 Å². The number of carbonyl (C=O) groups is 2. The summed E-state index contributed by atoms with van der Waals surface area (Å²) >= 11 is 0. The molecular weight excluding hydrogens is 679 g/mol. The minimum atomic E-state index is -0.548. The Balaban J connectivity index is 1.04. The summed E-state index contributed by atoms with van der Waals surface area (Å²) in [6, 6.07) is 37.4. The fourth-order valence-corrected chi connectivity index (χ4v) is 6.54. The molecule has 1 aliphatic rings. The highest BCUT2D eigenvalue weighted by Gasteiger charge is 2.32. The summed E-state index contributed by atoms with van der Waals surface area (Å²) in [4.78, 5) is 31.6. The summed E-state index contributed by atoms with van der Waals surface area (Å²) in [5, 5.41) is 15.3. The number of nitrogen functional groups attached to an aromatic ring is 1. The van der Waals surface area contributed by atoms with Crippen molar-refractivity contribution in [3.8, 4) is 11.1 Å². The first-order valence-electron chi connectivity index (χ1n) is 18.5. The number of likely N-dealkylation sites (N-methyl/N-ethyl adjacent to an activating group) is 1. The van der Waals surface area contributed by atoms with E-state index in [9.17, 15) is 14.7 Å². The fraction of sp³-hybridized carbons (Fsp3) is 0.295. The number of nitrogens with two attached hydrogens (primary N) is 1. The van der Waals surface area contributed by atoms with Crippen molar-refractivity contribution in [2.75, 3.05) is 31.2 Å². The number of aromatic nitrogens is 1. The number of pyridine rings is 1. The summed E-state index contributed by atoms with van der Waals surface area (Å²) in [5.41, 5.74) is 13.9. The number of carbonyl (C=O) groups excluding carboxylic acids is 2. The number of ether oxygens (including phenoxy) is 2. The molecule has 5 N–H and O–H groups in total. The molecule has 0 aliphatic carbocycles. The molecule has 4 aromatic carbocycles. The lowest BCUT2D eigenvalue weighted by molar-refractivity contribution is -0.252. The number of rotatable bonds is 16. The second-order valence-corrected chi connectivity index (χ2v) is 13.8. The van der Waals surface area contributed by atoms with Crippen LogP contribution in [-0.2, 0) is 38.6 Å². The topological polar surface area (TPSA) is 139 Å². The van der Waals surface area contributed by atoms with Gasteiger partial charge in [-0.2, -0.15) is 0 Å².